The summed E-state index contributed by atoms with van der Waals surface area (Å²) in [7, 11) is 1.37. The molecule has 0 aliphatic carbocycles. The van der Waals surface area contributed by atoms with Gasteiger partial charge in [-0.05, 0) is 50.2 Å². The van der Waals surface area contributed by atoms with E-state index in [0.29, 0.717) is 24.7 Å². The van der Waals surface area contributed by atoms with Gasteiger partial charge < -0.3 is 24.8 Å². The minimum atomic E-state index is -0.819. The molecule has 0 aromatic heterocycles. The fraction of sp³-hybridized carbons (Fsp3) is 0.292. The van der Waals surface area contributed by atoms with Gasteiger partial charge >= 0.3 is 5.97 Å². The molecular formula is C24H25N3O8. The van der Waals surface area contributed by atoms with Gasteiger partial charge in [-0.25, -0.2) is 0 Å². The van der Waals surface area contributed by atoms with Gasteiger partial charge in [0.25, 0.3) is 23.6 Å². The van der Waals surface area contributed by atoms with Crippen LogP contribution in [0.2, 0.25) is 0 Å². The highest BCUT2D eigenvalue weighted by Gasteiger charge is 2.32. The predicted octanol–water partition coefficient (Wildman–Crippen LogP) is 1.62. The zero-order chi connectivity index (χ0) is 25.5. The number of hydrogen-bond donors (Lipinski definition) is 2. The monoisotopic (exact) mass is 483 g/mol. The fourth-order valence-electron chi connectivity index (χ4n) is 3.28. The molecule has 184 valence electrons. The van der Waals surface area contributed by atoms with Crippen molar-refractivity contribution in [2.45, 2.75) is 13.8 Å². The van der Waals surface area contributed by atoms with Crippen LogP contribution in [-0.2, 0) is 14.3 Å². The van der Waals surface area contributed by atoms with E-state index < -0.39 is 42.7 Å². The summed E-state index contributed by atoms with van der Waals surface area (Å²) in [5.74, 6) is -1.98. The van der Waals surface area contributed by atoms with Crippen LogP contribution in [0.4, 0.5) is 5.69 Å². The second-order valence-corrected chi connectivity index (χ2v) is 7.35. The summed E-state index contributed by atoms with van der Waals surface area (Å²) >= 11 is 0. The normalized spacial score (nSPS) is 12.1. The van der Waals surface area contributed by atoms with Crippen molar-refractivity contribution in [1.29, 1.82) is 0 Å². The predicted molar refractivity (Wildman–Crippen MR) is 124 cm³/mol. The number of amides is 4. The number of ether oxygens (including phenoxy) is 3. The van der Waals surface area contributed by atoms with E-state index in [2.05, 4.69) is 10.6 Å². The van der Waals surface area contributed by atoms with Crippen LogP contribution in [0.25, 0.3) is 0 Å². The van der Waals surface area contributed by atoms with E-state index in [-0.39, 0.29) is 22.4 Å². The third kappa shape index (κ3) is 5.94. The average molecular weight is 483 g/mol. The quantitative estimate of drug-likeness (QED) is 0.384. The molecule has 2 N–H and O–H groups in total. The summed E-state index contributed by atoms with van der Waals surface area (Å²) in [5, 5.41) is 4.91. The number of nitrogens with zero attached hydrogens (tertiary/aromatic N) is 1. The highest BCUT2D eigenvalue weighted by molar-refractivity contribution is 6.21. The first-order chi connectivity index (χ1) is 16.7. The Hall–Kier alpha value is -4.41. The SMILES string of the molecule is CCOc1ccc(C(=O)NCC(=O)OCC(=O)Nc2ccc3c(c2)C(=O)N(C)C3=O)cc1OCC. The fourth-order valence-corrected chi connectivity index (χ4v) is 3.28. The van der Waals surface area contributed by atoms with E-state index in [4.69, 9.17) is 14.2 Å². The van der Waals surface area contributed by atoms with Crippen LogP contribution in [0.15, 0.2) is 36.4 Å². The molecule has 11 heteroatoms. The average Bonchev–Trinajstić information content (AvgIpc) is 3.06. The number of carbonyl (C=O) groups is 5. The number of imide groups is 1. The van der Waals surface area contributed by atoms with Crippen LogP contribution in [0.3, 0.4) is 0 Å². The Labute approximate surface area is 201 Å². The first-order valence-corrected chi connectivity index (χ1v) is 10.8. The summed E-state index contributed by atoms with van der Waals surface area (Å²) in [6.07, 6.45) is 0. The lowest BCUT2D eigenvalue weighted by Crippen LogP contribution is -2.32. The van der Waals surface area contributed by atoms with Gasteiger partial charge in [-0.2, -0.15) is 0 Å². The Kier molecular flexibility index (Phi) is 8.03. The van der Waals surface area contributed by atoms with Crippen molar-refractivity contribution in [3.05, 3.63) is 53.1 Å². The standard InChI is InChI=1S/C24H25N3O8/c1-4-33-18-9-6-14(10-19(18)34-5-2)22(30)25-12-21(29)35-13-20(28)26-15-7-8-16-17(11-15)24(32)27(3)23(16)31/h6-11H,4-5,12-13H2,1-3H3,(H,25,30)(H,26,28). The lowest BCUT2D eigenvalue weighted by atomic mass is 10.1. The number of fused-ring (bicyclic) bond motifs is 1. The highest BCUT2D eigenvalue weighted by atomic mass is 16.5. The summed E-state index contributed by atoms with van der Waals surface area (Å²) in [6, 6.07) is 8.94. The number of anilines is 1. The Bertz CT molecular complexity index is 1180. The molecule has 0 fully saturated rings. The van der Waals surface area contributed by atoms with Crippen molar-refractivity contribution < 1.29 is 38.2 Å². The molecule has 1 aliphatic heterocycles. The number of hydrogen-bond acceptors (Lipinski definition) is 8. The number of benzene rings is 2. The molecule has 0 bridgehead atoms. The summed E-state index contributed by atoms with van der Waals surface area (Å²) in [6.45, 7) is 3.40. The largest absolute Gasteiger partial charge is 0.490 e. The molecule has 35 heavy (non-hydrogen) atoms. The topological polar surface area (TPSA) is 140 Å². The molecule has 1 heterocycles. The number of carbonyl (C=O) groups excluding carboxylic acids is 5. The molecule has 0 radical (unpaired) electrons. The molecule has 11 nitrogen and oxygen atoms in total. The van der Waals surface area contributed by atoms with Crippen LogP contribution in [-0.4, -0.2) is 67.9 Å². The van der Waals surface area contributed by atoms with Crippen molar-refractivity contribution in [2.75, 3.05) is 38.7 Å². The molecule has 0 unspecified atom stereocenters. The van der Waals surface area contributed by atoms with Gasteiger partial charge in [0.2, 0.25) is 0 Å². The Morgan fingerprint density at radius 1 is 0.886 bits per heavy atom. The first kappa shape index (κ1) is 25.2. The van der Waals surface area contributed by atoms with Gasteiger partial charge in [-0.15, -0.1) is 0 Å². The van der Waals surface area contributed by atoms with Crippen molar-refractivity contribution >= 4 is 35.3 Å². The zero-order valence-electron chi connectivity index (χ0n) is 19.5. The Morgan fingerprint density at radius 3 is 2.29 bits per heavy atom. The minimum absolute atomic E-state index is 0.178. The second-order valence-electron chi connectivity index (χ2n) is 7.35. The molecule has 3 rings (SSSR count). The summed E-state index contributed by atoms with van der Waals surface area (Å²) < 4.78 is 15.8. The van der Waals surface area contributed by atoms with E-state index in [9.17, 15) is 24.0 Å². The smallest absolute Gasteiger partial charge is 0.325 e. The van der Waals surface area contributed by atoms with Crippen LogP contribution in [0.1, 0.15) is 44.9 Å². The Balaban J connectivity index is 1.48. The number of rotatable bonds is 10. The summed E-state index contributed by atoms with van der Waals surface area (Å²) in [4.78, 5) is 61.4. The number of nitrogens with one attached hydrogen (secondary N) is 2. The number of esters is 1. The molecule has 2 aromatic rings. The Morgan fingerprint density at radius 2 is 1.57 bits per heavy atom. The lowest BCUT2D eigenvalue weighted by Gasteiger charge is -2.12. The maximum Gasteiger partial charge on any atom is 0.325 e. The molecule has 0 saturated carbocycles. The highest BCUT2D eigenvalue weighted by Crippen LogP contribution is 2.28. The third-order valence-electron chi connectivity index (χ3n) is 4.94. The molecule has 4 amide bonds. The van der Waals surface area contributed by atoms with Gasteiger partial charge in [-0.1, -0.05) is 0 Å². The van der Waals surface area contributed by atoms with Gasteiger partial charge in [0.15, 0.2) is 18.1 Å². The van der Waals surface area contributed by atoms with Crippen LogP contribution in [0.5, 0.6) is 11.5 Å². The molecule has 0 atom stereocenters. The maximum absolute atomic E-state index is 12.4. The van der Waals surface area contributed by atoms with E-state index in [1.165, 1.54) is 37.4 Å². The molecule has 1 aliphatic rings. The molecular weight excluding hydrogens is 458 g/mol. The van der Waals surface area contributed by atoms with Crippen molar-refractivity contribution in [3.63, 3.8) is 0 Å². The van der Waals surface area contributed by atoms with Gasteiger partial charge in [0, 0.05) is 18.3 Å². The molecule has 0 saturated heterocycles. The van der Waals surface area contributed by atoms with Crippen molar-refractivity contribution in [2.24, 2.45) is 0 Å². The van der Waals surface area contributed by atoms with E-state index in [1.807, 2.05) is 6.92 Å². The van der Waals surface area contributed by atoms with Crippen molar-refractivity contribution in [1.82, 2.24) is 10.2 Å². The molecule has 2 aromatic carbocycles. The van der Waals surface area contributed by atoms with Crippen LogP contribution in [0, 0.1) is 0 Å². The van der Waals surface area contributed by atoms with E-state index in [1.54, 1.807) is 13.0 Å². The summed E-state index contributed by atoms with van der Waals surface area (Å²) in [5.41, 5.74) is 0.961. The van der Waals surface area contributed by atoms with E-state index >= 15 is 0 Å². The maximum atomic E-state index is 12.4. The van der Waals surface area contributed by atoms with Gasteiger partial charge in [0.05, 0.1) is 24.3 Å². The lowest BCUT2D eigenvalue weighted by molar-refractivity contribution is -0.146. The second kappa shape index (κ2) is 11.1. The van der Waals surface area contributed by atoms with Crippen molar-refractivity contribution in [3.8, 4) is 11.5 Å². The first-order valence-electron chi connectivity index (χ1n) is 10.8. The minimum Gasteiger partial charge on any atom is -0.490 e. The van der Waals surface area contributed by atoms with Gasteiger partial charge in [-0.3, -0.25) is 28.9 Å². The van der Waals surface area contributed by atoms with Crippen LogP contribution < -0.4 is 20.1 Å². The van der Waals surface area contributed by atoms with Crippen LogP contribution >= 0.6 is 0 Å². The third-order valence-corrected chi connectivity index (χ3v) is 4.94. The zero-order valence-corrected chi connectivity index (χ0v) is 19.5. The van der Waals surface area contributed by atoms with E-state index in [0.717, 1.165) is 4.90 Å². The van der Waals surface area contributed by atoms with Gasteiger partial charge in [0.1, 0.15) is 6.54 Å². The molecule has 0 spiro atoms.